The summed E-state index contributed by atoms with van der Waals surface area (Å²) in [5.74, 6) is -0.337. The molecule has 0 saturated heterocycles. The van der Waals surface area contributed by atoms with Gasteiger partial charge in [0, 0.05) is 23.2 Å². The van der Waals surface area contributed by atoms with Crippen LogP contribution in [0, 0.1) is 0 Å². The first-order valence-electron chi connectivity index (χ1n) is 7.88. The van der Waals surface area contributed by atoms with Crippen molar-refractivity contribution in [2.24, 2.45) is 0 Å². The Labute approximate surface area is 160 Å². The van der Waals surface area contributed by atoms with Crippen molar-refractivity contribution in [3.05, 3.63) is 86.6 Å². The average Bonchev–Trinajstić information content (AvgIpc) is 2.63. The molecule has 26 heavy (non-hydrogen) atoms. The Kier molecular flexibility index (Phi) is 5.71. The van der Waals surface area contributed by atoms with Gasteiger partial charge in [-0.2, -0.15) is 5.10 Å². The van der Waals surface area contributed by atoms with Crippen molar-refractivity contribution >= 4 is 29.1 Å². The summed E-state index contributed by atoms with van der Waals surface area (Å²) >= 11 is 12.2. The van der Waals surface area contributed by atoms with Crippen LogP contribution in [0.25, 0.3) is 11.3 Å². The molecule has 1 N–H and O–H groups in total. The number of hydrogen-bond acceptors (Lipinski definition) is 3. The van der Waals surface area contributed by atoms with E-state index in [1.165, 1.54) is 6.07 Å². The first-order chi connectivity index (χ1) is 12.5. The van der Waals surface area contributed by atoms with Gasteiger partial charge < -0.3 is 5.32 Å². The van der Waals surface area contributed by atoms with E-state index in [1.807, 2.05) is 30.3 Å². The summed E-state index contributed by atoms with van der Waals surface area (Å²) in [7, 11) is 0. The summed E-state index contributed by atoms with van der Waals surface area (Å²) in [6, 6.07) is 17.4. The fourth-order valence-corrected chi connectivity index (χ4v) is 2.84. The van der Waals surface area contributed by atoms with Crippen LogP contribution in [0.2, 0.25) is 10.0 Å². The maximum Gasteiger partial charge on any atom is 0.267 e. The lowest BCUT2D eigenvalue weighted by Gasteiger charge is -2.09. The van der Waals surface area contributed by atoms with Crippen molar-refractivity contribution in [2.75, 3.05) is 0 Å². The molecule has 1 amide bonds. The highest BCUT2D eigenvalue weighted by atomic mass is 35.5. The number of benzene rings is 2. The highest BCUT2D eigenvalue weighted by Gasteiger charge is 2.10. The molecular formula is C19H15Cl2N3O2. The second kappa shape index (κ2) is 8.17. The van der Waals surface area contributed by atoms with Crippen LogP contribution in [0.15, 0.2) is 65.5 Å². The zero-order valence-electron chi connectivity index (χ0n) is 13.7. The topological polar surface area (TPSA) is 64.0 Å². The molecule has 0 aliphatic carbocycles. The number of carbonyl (C=O) groups excluding carboxylic acids is 1. The molecule has 5 nitrogen and oxygen atoms in total. The molecule has 0 bridgehead atoms. The van der Waals surface area contributed by atoms with Crippen LogP contribution >= 0.6 is 23.2 Å². The van der Waals surface area contributed by atoms with Crippen molar-refractivity contribution in [2.45, 2.75) is 13.1 Å². The third kappa shape index (κ3) is 4.31. The highest BCUT2D eigenvalue weighted by Crippen LogP contribution is 2.24. The van der Waals surface area contributed by atoms with E-state index in [2.05, 4.69) is 10.4 Å². The Bertz CT molecular complexity index is 1000. The summed E-state index contributed by atoms with van der Waals surface area (Å²) in [6.07, 6.45) is 0. The molecule has 0 aliphatic rings. The molecule has 0 atom stereocenters. The standard InChI is InChI=1S/C19H15Cl2N3O2/c20-15-7-3-1-5-13(15)11-22-18(25)12-24-19(26)10-9-17(23-24)14-6-2-4-8-16(14)21/h1-10H,11-12H2,(H,22,25). The first kappa shape index (κ1) is 18.2. The number of nitrogens with zero attached hydrogens (tertiary/aromatic N) is 2. The van der Waals surface area contributed by atoms with Crippen LogP contribution in [0.5, 0.6) is 0 Å². The molecule has 1 heterocycles. The van der Waals surface area contributed by atoms with Gasteiger partial charge in [-0.3, -0.25) is 9.59 Å². The van der Waals surface area contributed by atoms with Crippen molar-refractivity contribution < 1.29 is 4.79 Å². The maximum atomic E-state index is 12.2. The van der Waals surface area contributed by atoms with Gasteiger partial charge in [-0.15, -0.1) is 0 Å². The third-order valence-corrected chi connectivity index (χ3v) is 4.44. The van der Waals surface area contributed by atoms with Crippen LogP contribution in [-0.4, -0.2) is 15.7 Å². The normalized spacial score (nSPS) is 10.5. The summed E-state index contributed by atoms with van der Waals surface area (Å²) in [5.41, 5.74) is 1.65. The van der Waals surface area contributed by atoms with Gasteiger partial charge in [0.2, 0.25) is 5.91 Å². The van der Waals surface area contributed by atoms with Gasteiger partial charge in [0.05, 0.1) is 10.7 Å². The lowest BCUT2D eigenvalue weighted by molar-refractivity contribution is -0.122. The van der Waals surface area contributed by atoms with Crippen LogP contribution in [0.4, 0.5) is 0 Å². The van der Waals surface area contributed by atoms with Crippen LogP contribution < -0.4 is 10.9 Å². The maximum absolute atomic E-state index is 12.2. The Morgan fingerprint density at radius 1 is 0.962 bits per heavy atom. The van der Waals surface area contributed by atoms with E-state index < -0.39 is 0 Å². The van der Waals surface area contributed by atoms with E-state index in [4.69, 9.17) is 23.2 Å². The van der Waals surface area contributed by atoms with Crippen LogP contribution in [0.3, 0.4) is 0 Å². The van der Waals surface area contributed by atoms with Crippen molar-refractivity contribution in [3.63, 3.8) is 0 Å². The Morgan fingerprint density at radius 3 is 2.38 bits per heavy atom. The molecule has 132 valence electrons. The fraction of sp³-hybridized carbons (Fsp3) is 0.105. The minimum Gasteiger partial charge on any atom is -0.350 e. The first-order valence-corrected chi connectivity index (χ1v) is 8.63. The molecule has 0 fully saturated rings. The van der Waals surface area contributed by atoms with E-state index in [0.717, 1.165) is 10.2 Å². The number of rotatable bonds is 5. The molecule has 3 aromatic rings. The predicted molar refractivity (Wildman–Crippen MR) is 102 cm³/mol. The molecule has 1 aromatic heterocycles. The van der Waals surface area contributed by atoms with E-state index in [-0.39, 0.29) is 24.6 Å². The lowest BCUT2D eigenvalue weighted by atomic mass is 10.1. The molecule has 0 unspecified atom stereocenters. The Morgan fingerprint density at radius 2 is 1.65 bits per heavy atom. The smallest absolute Gasteiger partial charge is 0.267 e. The monoisotopic (exact) mass is 387 g/mol. The number of nitrogens with one attached hydrogen (secondary N) is 1. The average molecular weight is 388 g/mol. The molecule has 2 aromatic carbocycles. The highest BCUT2D eigenvalue weighted by molar-refractivity contribution is 6.33. The van der Waals surface area contributed by atoms with Crippen molar-refractivity contribution in [1.82, 2.24) is 15.1 Å². The number of aromatic nitrogens is 2. The minimum absolute atomic E-state index is 0.193. The van der Waals surface area contributed by atoms with E-state index in [1.54, 1.807) is 24.3 Å². The summed E-state index contributed by atoms with van der Waals surface area (Å²) in [4.78, 5) is 24.2. The van der Waals surface area contributed by atoms with Crippen molar-refractivity contribution in [3.8, 4) is 11.3 Å². The van der Waals surface area contributed by atoms with Gasteiger partial charge in [-0.1, -0.05) is 59.6 Å². The second-order valence-electron chi connectivity index (χ2n) is 5.56. The Balaban J connectivity index is 1.74. The summed E-state index contributed by atoms with van der Waals surface area (Å²) in [5, 5.41) is 8.08. The number of carbonyl (C=O) groups is 1. The zero-order chi connectivity index (χ0) is 18.5. The zero-order valence-corrected chi connectivity index (χ0v) is 15.2. The quantitative estimate of drug-likeness (QED) is 0.727. The number of hydrogen-bond donors (Lipinski definition) is 1. The van der Waals surface area contributed by atoms with Gasteiger partial charge in [0.15, 0.2) is 0 Å². The predicted octanol–water partition coefficient (Wildman–Crippen LogP) is 3.53. The summed E-state index contributed by atoms with van der Waals surface area (Å²) in [6.45, 7) is 0.0824. The SMILES string of the molecule is O=C(Cn1nc(-c2ccccc2Cl)ccc1=O)NCc1ccccc1Cl. The lowest BCUT2D eigenvalue weighted by Crippen LogP contribution is -2.33. The van der Waals surface area contributed by atoms with Crippen molar-refractivity contribution in [1.29, 1.82) is 0 Å². The van der Waals surface area contributed by atoms with Gasteiger partial charge in [-0.05, 0) is 23.8 Å². The fourth-order valence-electron chi connectivity index (χ4n) is 2.40. The van der Waals surface area contributed by atoms with Gasteiger partial charge in [-0.25, -0.2) is 4.68 Å². The van der Waals surface area contributed by atoms with E-state index in [9.17, 15) is 9.59 Å². The Hall–Kier alpha value is -2.63. The van der Waals surface area contributed by atoms with Gasteiger partial charge >= 0.3 is 0 Å². The van der Waals surface area contributed by atoms with Gasteiger partial charge in [0.1, 0.15) is 6.54 Å². The second-order valence-corrected chi connectivity index (χ2v) is 6.38. The molecular weight excluding hydrogens is 373 g/mol. The third-order valence-electron chi connectivity index (χ3n) is 3.74. The van der Waals surface area contributed by atoms with Gasteiger partial charge in [0.25, 0.3) is 5.56 Å². The molecule has 0 spiro atoms. The minimum atomic E-state index is -0.367. The van der Waals surface area contributed by atoms with Crippen LogP contribution in [0.1, 0.15) is 5.56 Å². The number of halogens is 2. The molecule has 3 rings (SSSR count). The summed E-state index contributed by atoms with van der Waals surface area (Å²) < 4.78 is 1.11. The molecule has 0 aliphatic heterocycles. The largest absolute Gasteiger partial charge is 0.350 e. The van der Waals surface area contributed by atoms with E-state index in [0.29, 0.717) is 21.3 Å². The number of amides is 1. The molecule has 7 heteroatoms. The van der Waals surface area contributed by atoms with Crippen LogP contribution in [-0.2, 0) is 17.9 Å². The molecule has 0 radical (unpaired) electrons. The molecule has 0 saturated carbocycles. The van der Waals surface area contributed by atoms with E-state index >= 15 is 0 Å².